The zero-order chi connectivity index (χ0) is 14.1. The molecule has 0 saturated heterocycles. The highest BCUT2D eigenvalue weighted by Crippen LogP contribution is 2.24. The number of likely N-dealkylation sites (N-methyl/N-ethyl adjacent to an activating group) is 1. The van der Waals surface area contributed by atoms with Crippen molar-refractivity contribution in [2.45, 2.75) is 24.3 Å². The Bertz CT molecular complexity index is 551. The average Bonchev–Trinajstić information content (AvgIpc) is 2.28. The molecule has 0 radical (unpaired) electrons. The van der Waals surface area contributed by atoms with E-state index in [-0.39, 0.29) is 4.90 Å². The Hall–Kier alpha value is -1.11. The Morgan fingerprint density at radius 3 is 2.11 bits per heavy atom. The zero-order valence-electron chi connectivity index (χ0n) is 10.2. The number of sulfonamides is 1. The molecule has 0 atom stereocenters. The quantitative estimate of drug-likeness (QED) is 0.918. The number of carbonyl (C=O) groups is 1. The first-order valence-electron chi connectivity index (χ1n) is 5.08. The third kappa shape index (κ3) is 2.66. The van der Waals surface area contributed by atoms with E-state index in [1.54, 1.807) is 0 Å². The smallest absolute Gasteiger partial charge is 0.324 e. The maximum atomic E-state index is 12.2. The Morgan fingerprint density at radius 1 is 1.28 bits per heavy atom. The molecule has 1 N–H and O–H groups in total. The maximum absolute atomic E-state index is 12.2. The number of hydrogen-bond acceptors (Lipinski definition) is 3. The second-order valence-corrected chi connectivity index (χ2v) is 6.70. The molecule has 5 nitrogen and oxygen atoms in total. The second kappa shape index (κ2) is 4.87. The number of hydrogen-bond donors (Lipinski definition) is 1. The van der Waals surface area contributed by atoms with Gasteiger partial charge in [-0.05, 0) is 38.1 Å². The lowest BCUT2D eigenvalue weighted by atomic mass is 10.1. The number of nitrogens with zero attached hydrogens (tertiary/aromatic N) is 1. The van der Waals surface area contributed by atoms with Crippen molar-refractivity contribution < 1.29 is 18.3 Å². The van der Waals surface area contributed by atoms with Gasteiger partial charge in [0.1, 0.15) is 5.54 Å². The van der Waals surface area contributed by atoms with Gasteiger partial charge in [-0.25, -0.2) is 8.42 Å². The number of aliphatic carboxylic acids is 1. The highest BCUT2D eigenvalue weighted by Gasteiger charge is 2.39. The highest BCUT2D eigenvalue weighted by molar-refractivity contribution is 7.89. The summed E-state index contributed by atoms with van der Waals surface area (Å²) in [5.41, 5.74) is -1.53. The van der Waals surface area contributed by atoms with Crippen molar-refractivity contribution in [3.05, 3.63) is 29.3 Å². The molecule has 0 amide bonds. The van der Waals surface area contributed by atoms with Crippen LogP contribution in [0.3, 0.4) is 0 Å². The molecule has 0 aliphatic rings. The molecule has 0 spiro atoms. The van der Waals surface area contributed by atoms with Crippen LogP contribution in [-0.2, 0) is 14.8 Å². The number of carboxylic acids is 1. The summed E-state index contributed by atoms with van der Waals surface area (Å²) < 4.78 is 25.3. The monoisotopic (exact) mass is 291 g/mol. The minimum Gasteiger partial charge on any atom is -0.480 e. The summed E-state index contributed by atoms with van der Waals surface area (Å²) in [6, 6.07) is 5.56. The molecular formula is C11H14ClNO4S. The van der Waals surface area contributed by atoms with Gasteiger partial charge < -0.3 is 5.11 Å². The lowest BCUT2D eigenvalue weighted by molar-refractivity contribution is -0.145. The van der Waals surface area contributed by atoms with Crippen molar-refractivity contribution in [1.82, 2.24) is 4.31 Å². The second-order valence-electron chi connectivity index (χ2n) is 4.29. The van der Waals surface area contributed by atoms with Crippen LogP contribution in [0.15, 0.2) is 29.2 Å². The summed E-state index contributed by atoms with van der Waals surface area (Å²) in [6.45, 7) is 2.64. The van der Waals surface area contributed by atoms with Crippen LogP contribution < -0.4 is 0 Å². The van der Waals surface area contributed by atoms with E-state index in [2.05, 4.69) is 0 Å². The van der Waals surface area contributed by atoms with E-state index in [0.717, 1.165) is 4.31 Å². The molecule has 100 valence electrons. The van der Waals surface area contributed by atoms with E-state index in [9.17, 15) is 13.2 Å². The van der Waals surface area contributed by atoms with E-state index < -0.39 is 21.5 Å². The molecule has 1 aromatic carbocycles. The molecule has 0 fully saturated rings. The number of halogens is 1. The van der Waals surface area contributed by atoms with Gasteiger partial charge in [0.15, 0.2) is 0 Å². The molecule has 1 rings (SSSR count). The normalized spacial score (nSPS) is 12.7. The van der Waals surface area contributed by atoms with Gasteiger partial charge in [0.2, 0.25) is 10.0 Å². The average molecular weight is 292 g/mol. The van der Waals surface area contributed by atoms with Crippen molar-refractivity contribution >= 4 is 27.6 Å². The predicted molar refractivity (Wildman–Crippen MR) is 68.1 cm³/mol. The van der Waals surface area contributed by atoms with Gasteiger partial charge >= 0.3 is 5.97 Å². The van der Waals surface area contributed by atoms with E-state index in [1.807, 2.05) is 0 Å². The molecule has 0 aliphatic carbocycles. The van der Waals surface area contributed by atoms with E-state index in [4.69, 9.17) is 16.7 Å². The Balaban J connectivity index is 3.23. The summed E-state index contributed by atoms with van der Waals surface area (Å²) in [5, 5.41) is 9.45. The lowest BCUT2D eigenvalue weighted by Crippen LogP contribution is -2.50. The van der Waals surface area contributed by atoms with Crippen LogP contribution in [0.25, 0.3) is 0 Å². The lowest BCUT2D eigenvalue weighted by Gasteiger charge is -2.30. The summed E-state index contributed by atoms with van der Waals surface area (Å²) in [4.78, 5) is 11.1. The van der Waals surface area contributed by atoms with Crippen molar-refractivity contribution in [3.8, 4) is 0 Å². The fraction of sp³-hybridized carbons (Fsp3) is 0.364. The maximum Gasteiger partial charge on any atom is 0.324 e. The third-order valence-corrected chi connectivity index (χ3v) is 5.08. The fourth-order valence-electron chi connectivity index (χ4n) is 1.20. The molecule has 18 heavy (non-hydrogen) atoms. The van der Waals surface area contributed by atoms with Crippen LogP contribution in [0, 0.1) is 0 Å². The van der Waals surface area contributed by atoms with Crippen molar-refractivity contribution in [1.29, 1.82) is 0 Å². The predicted octanol–water partition coefficient (Wildman–Crippen LogP) is 1.82. The molecule has 0 unspecified atom stereocenters. The first kappa shape index (κ1) is 14.9. The van der Waals surface area contributed by atoms with Crippen LogP contribution in [0.2, 0.25) is 5.02 Å². The minimum atomic E-state index is -3.86. The SMILES string of the molecule is CN(C(C)(C)C(=O)O)S(=O)(=O)c1ccc(Cl)cc1. The largest absolute Gasteiger partial charge is 0.480 e. The summed E-state index contributed by atoms with van der Waals surface area (Å²) in [5.74, 6) is -1.22. The number of rotatable bonds is 4. The standard InChI is InChI=1S/C11H14ClNO4S/c1-11(2,10(14)15)13(3)18(16,17)9-6-4-8(12)5-7-9/h4-7H,1-3H3,(H,14,15). The van der Waals surface area contributed by atoms with E-state index >= 15 is 0 Å². The van der Waals surface area contributed by atoms with Crippen LogP contribution >= 0.6 is 11.6 Å². The van der Waals surface area contributed by atoms with Crippen LogP contribution in [0.1, 0.15) is 13.8 Å². The third-order valence-electron chi connectivity index (χ3n) is 2.78. The van der Waals surface area contributed by atoms with Crippen molar-refractivity contribution in [2.75, 3.05) is 7.05 Å². The topological polar surface area (TPSA) is 74.7 Å². The fourth-order valence-corrected chi connectivity index (χ4v) is 2.80. The van der Waals surface area contributed by atoms with Crippen LogP contribution in [-0.4, -0.2) is 36.4 Å². The summed E-state index contributed by atoms with van der Waals surface area (Å²) >= 11 is 5.68. The Kier molecular flexibility index (Phi) is 4.05. The Morgan fingerprint density at radius 2 is 1.72 bits per heavy atom. The molecule has 0 bridgehead atoms. The first-order chi connectivity index (χ1) is 8.10. The van der Waals surface area contributed by atoms with Gasteiger partial charge in [-0.2, -0.15) is 4.31 Å². The molecule has 0 aromatic heterocycles. The molecule has 1 aromatic rings. The van der Waals surface area contributed by atoms with E-state index in [1.165, 1.54) is 45.2 Å². The van der Waals surface area contributed by atoms with Gasteiger partial charge in [-0.3, -0.25) is 4.79 Å². The number of benzene rings is 1. The zero-order valence-corrected chi connectivity index (χ0v) is 11.8. The molecular weight excluding hydrogens is 278 g/mol. The molecule has 0 heterocycles. The van der Waals surface area contributed by atoms with Gasteiger partial charge in [-0.1, -0.05) is 11.6 Å². The van der Waals surface area contributed by atoms with E-state index in [0.29, 0.717) is 5.02 Å². The van der Waals surface area contributed by atoms with Crippen LogP contribution in [0.4, 0.5) is 0 Å². The van der Waals surface area contributed by atoms with Crippen molar-refractivity contribution in [2.24, 2.45) is 0 Å². The van der Waals surface area contributed by atoms with Crippen LogP contribution in [0.5, 0.6) is 0 Å². The van der Waals surface area contributed by atoms with Gasteiger partial charge in [-0.15, -0.1) is 0 Å². The first-order valence-corrected chi connectivity index (χ1v) is 6.90. The minimum absolute atomic E-state index is 0.00345. The highest BCUT2D eigenvalue weighted by atomic mass is 35.5. The summed E-state index contributed by atoms with van der Waals surface area (Å²) in [6.07, 6.45) is 0. The van der Waals surface area contributed by atoms with Crippen molar-refractivity contribution in [3.63, 3.8) is 0 Å². The molecule has 7 heteroatoms. The Labute approximate surface area is 111 Å². The summed E-state index contributed by atoms with van der Waals surface area (Å²) in [7, 11) is -2.63. The van der Waals surface area contributed by atoms with Gasteiger partial charge in [0, 0.05) is 12.1 Å². The molecule has 0 saturated carbocycles. The molecule has 0 aliphatic heterocycles. The van der Waals surface area contributed by atoms with Gasteiger partial charge in [0.05, 0.1) is 4.90 Å². The number of carboxylic acid groups (broad SMARTS) is 1. The van der Waals surface area contributed by atoms with Gasteiger partial charge in [0.25, 0.3) is 0 Å².